The van der Waals surface area contributed by atoms with Gasteiger partial charge in [-0.15, -0.1) is 0 Å². The molecule has 0 aliphatic carbocycles. The number of hydrogen-bond donors (Lipinski definition) is 1. The van der Waals surface area contributed by atoms with Gasteiger partial charge in [-0.05, 0) is 47.5 Å². The molecule has 0 bridgehead atoms. The second-order valence-electron chi connectivity index (χ2n) is 8.36. The van der Waals surface area contributed by atoms with E-state index in [1.807, 2.05) is 41.1 Å². The highest BCUT2D eigenvalue weighted by Crippen LogP contribution is 2.40. The summed E-state index contributed by atoms with van der Waals surface area (Å²) >= 11 is 0. The molecule has 1 N–H and O–H groups in total. The van der Waals surface area contributed by atoms with Crippen LogP contribution in [0.1, 0.15) is 29.0 Å². The molecule has 0 spiro atoms. The Kier molecular flexibility index (Phi) is 4.40. The van der Waals surface area contributed by atoms with Crippen LogP contribution in [-0.2, 0) is 11.3 Å². The van der Waals surface area contributed by atoms with Gasteiger partial charge < -0.3 is 14.3 Å². The maximum Gasteiger partial charge on any atom is 0.225 e. The molecule has 0 radical (unpaired) electrons. The van der Waals surface area contributed by atoms with Gasteiger partial charge in [0.05, 0.1) is 22.9 Å². The summed E-state index contributed by atoms with van der Waals surface area (Å²) in [7, 11) is 0. The molecule has 0 saturated carbocycles. The number of hydrogen-bond acceptors (Lipinski definition) is 3. The number of nitrogens with one attached hydrogen (secondary N) is 1. The van der Waals surface area contributed by atoms with E-state index in [0.717, 1.165) is 22.0 Å². The van der Waals surface area contributed by atoms with Crippen LogP contribution in [0.4, 0.5) is 10.1 Å². The molecule has 1 amide bonds. The van der Waals surface area contributed by atoms with Crippen LogP contribution in [0.25, 0.3) is 21.9 Å². The summed E-state index contributed by atoms with van der Waals surface area (Å²) in [5, 5.41) is 4.36. The van der Waals surface area contributed by atoms with Crippen LogP contribution < -0.4 is 10.7 Å². The van der Waals surface area contributed by atoms with Crippen LogP contribution in [0.5, 0.6) is 0 Å². The van der Waals surface area contributed by atoms with Crippen LogP contribution in [0.2, 0.25) is 0 Å². The van der Waals surface area contributed by atoms with Crippen molar-refractivity contribution >= 4 is 33.5 Å². The molecule has 1 unspecified atom stereocenters. The van der Waals surface area contributed by atoms with E-state index in [2.05, 4.69) is 5.32 Å². The number of carbonyl (C=O) groups excluding carboxylic acids is 1. The monoisotopic (exact) mass is 438 g/mol. The van der Waals surface area contributed by atoms with Gasteiger partial charge in [-0.25, -0.2) is 4.39 Å². The van der Waals surface area contributed by atoms with Gasteiger partial charge in [-0.1, -0.05) is 30.3 Å². The number of rotatable bonds is 3. The number of benzene rings is 3. The number of para-hydroxylation sites is 1. The fraction of sp³-hybridized carbons (Fsp3) is 0.111. The molecule has 0 fully saturated rings. The largest absolute Gasteiger partial charge is 0.464 e. The zero-order valence-electron chi connectivity index (χ0n) is 17.5. The molecule has 5 nitrogen and oxygen atoms in total. The van der Waals surface area contributed by atoms with Crippen LogP contribution in [0.3, 0.4) is 0 Å². The van der Waals surface area contributed by atoms with E-state index >= 15 is 0 Å². The molecular formula is C27H19FN2O3. The molecule has 2 aromatic heterocycles. The molecular weight excluding hydrogens is 419 g/mol. The number of anilines is 1. The molecule has 6 rings (SSSR count). The highest BCUT2D eigenvalue weighted by Gasteiger charge is 2.30. The van der Waals surface area contributed by atoms with E-state index in [1.165, 1.54) is 18.4 Å². The minimum atomic E-state index is -0.467. The summed E-state index contributed by atoms with van der Waals surface area (Å²) < 4.78 is 21.6. The SMILES string of the molecule is O=C1CC(c2coc3ccccc3c2=O)c2cn(Cc3cccc(F)c3)c3cccc(c23)N1. The Labute approximate surface area is 188 Å². The number of nitrogens with zero attached hydrogens (tertiary/aromatic N) is 1. The summed E-state index contributed by atoms with van der Waals surface area (Å²) in [6.07, 6.45) is 3.57. The van der Waals surface area contributed by atoms with Gasteiger partial charge in [-0.3, -0.25) is 9.59 Å². The molecule has 1 aliphatic rings. The summed E-state index contributed by atoms with van der Waals surface area (Å²) in [4.78, 5) is 26.1. The summed E-state index contributed by atoms with van der Waals surface area (Å²) in [6.45, 7) is 0.463. The number of amides is 1. The zero-order valence-corrected chi connectivity index (χ0v) is 17.5. The Morgan fingerprint density at radius 1 is 1.00 bits per heavy atom. The maximum atomic E-state index is 13.8. The quantitative estimate of drug-likeness (QED) is 0.410. The highest BCUT2D eigenvalue weighted by molar-refractivity contribution is 6.06. The summed E-state index contributed by atoms with van der Waals surface area (Å²) in [6, 6.07) is 19.3. The number of fused-ring (bicyclic) bond motifs is 1. The summed E-state index contributed by atoms with van der Waals surface area (Å²) in [5.41, 5.74) is 4.14. The third kappa shape index (κ3) is 3.22. The van der Waals surface area contributed by atoms with Crippen LogP contribution >= 0.6 is 0 Å². The highest BCUT2D eigenvalue weighted by atomic mass is 19.1. The smallest absolute Gasteiger partial charge is 0.225 e. The lowest BCUT2D eigenvalue weighted by molar-refractivity contribution is -0.116. The van der Waals surface area contributed by atoms with E-state index < -0.39 is 5.92 Å². The van der Waals surface area contributed by atoms with Gasteiger partial charge in [0.15, 0.2) is 5.43 Å². The van der Waals surface area contributed by atoms with Gasteiger partial charge in [0, 0.05) is 36.0 Å². The van der Waals surface area contributed by atoms with Crippen molar-refractivity contribution in [2.45, 2.75) is 18.9 Å². The van der Waals surface area contributed by atoms with Crippen molar-refractivity contribution < 1.29 is 13.6 Å². The summed E-state index contributed by atoms with van der Waals surface area (Å²) in [5.74, 6) is -0.913. The van der Waals surface area contributed by atoms with Crippen molar-refractivity contribution in [1.29, 1.82) is 0 Å². The predicted molar refractivity (Wildman–Crippen MR) is 125 cm³/mol. The van der Waals surface area contributed by atoms with Crippen molar-refractivity contribution in [2.75, 3.05) is 5.32 Å². The first-order valence-electron chi connectivity index (χ1n) is 10.7. The van der Waals surface area contributed by atoms with Crippen LogP contribution in [0, 0.1) is 5.82 Å². The van der Waals surface area contributed by atoms with Gasteiger partial charge >= 0.3 is 0 Å². The van der Waals surface area contributed by atoms with E-state index in [-0.39, 0.29) is 23.6 Å². The average Bonchev–Trinajstić information content (AvgIpc) is 3.10. The van der Waals surface area contributed by atoms with Gasteiger partial charge in [0.2, 0.25) is 5.91 Å². The Bertz CT molecular complexity index is 1620. The third-order valence-corrected chi connectivity index (χ3v) is 6.30. The maximum absolute atomic E-state index is 13.8. The number of aromatic nitrogens is 1. The van der Waals surface area contributed by atoms with Crippen molar-refractivity contribution in [1.82, 2.24) is 4.57 Å². The fourth-order valence-corrected chi connectivity index (χ4v) is 4.82. The van der Waals surface area contributed by atoms with Crippen LogP contribution in [0.15, 0.2) is 88.4 Å². The second-order valence-corrected chi connectivity index (χ2v) is 8.36. The first-order valence-corrected chi connectivity index (χ1v) is 10.7. The molecule has 3 heterocycles. The molecule has 3 aromatic carbocycles. The number of carbonyl (C=O) groups is 1. The number of halogens is 1. The lowest BCUT2D eigenvalue weighted by Crippen LogP contribution is -2.19. The molecule has 0 saturated heterocycles. The third-order valence-electron chi connectivity index (χ3n) is 6.30. The first-order chi connectivity index (χ1) is 16.1. The molecule has 1 aliphatic heterocycles. The Hall–Kier alpha value is -4.19. The van der Waals surface area contributed by atoms with Crippen molar-refractivity contribution in [2.24, 2.45) is 0 Å². The van der Waals surface area contributed by atoms with Gasteiger partial charge in [0.1, 0.15) is 11.4 Å². The Morgan fingerprint density at radius 2 is 1.85 bits per heavy atom. The molecule has 33 heavy (non-hydrogen) atoms. The minimum Gasteiger partial charge on any atom is -0.464 e. The lowest BCUT2D eigenvalue weighted by Gasteiger charge is -2.14. The van der Waals surface area contributed by atoms with Crippen molar-refractivity contribution in [3.63, 3.8) is 0 Å². The Morgan fingerprint density at radius 3 is 2.73 bits per heavy atom. The zero-order chi connectivity index (χ0) is 22.5. The normalized spacial score (nSPS) is 15.5. The standard InChI is InChI=1S/C27H19FN2O3/c28-17-6-3-5-16(11-17)13-30-14-20-19(12-25(31)29-22-8-4-9-23(30)26(20)22)21-15-33-24-10-2-1-7-18(24)27(21)32/h1-11,14-15,19H,12-13H2,(H,29,31). The Balaban J connectivity index is 1.57. The molecule has 162 valence electrons. The van der Waals surface area contributed by atoms with Crippen molar-refractivity contribution in [3.8, 4) is 0 Å². The van der Waals surface area contributed by atoms with Crippen LogP contribution in [-0.4, -0.2) is 10.5 Å². The predicted octanol–water partition coefficient (Wildman–Crippen LogP) is 5.41. The van der Waals surface area contributed by atoms with Crippen molar-refractivity contribution in [3.05, 3.63) is 112 Å². The molecule has 6 heteroatoms. The second kappa shape index (κ2) is 7.45. The minimum absolute atomic E-state index is 0.122. The topological polar surface area (TPSA) is 64.2 Å². The van der Waals surface area contributed by atoms with E-state index in [4.69, 9.17) is 4.42 Å². The lowest BCUT2D eigenvalue weighted by atomic mass is 9.89. The molecule has 1 atom stereocenters. The molecule has 5 aromatic rings. The van der Waals surface area contributed by atoms with Gasteiger partial charge in [-0.2, -0.15) is 0 Å². The average molecular weight is 438 g/mol. The fourth-order valence-electron chi connectivity index (χ4n) is 4.82. The first kappa shape index (κ1) is 19.5. The van der Waals surface area contributed by atoms with Gasteiger partial charge in [0.25, 0.3) is 0 Å². The van der Waals surface area contributed by atoms with E-state index in [9.17, 15) is 14.0 Å². The van der Waals surface area contributed by atoms with E-state index in [0.29, 0.717) is 28.8 Å². The van der Waals surface area contributed by atoms with E-state index in [1.54, 1.807) is 24.3 Å².